The molecule has 0 aliphatic carbocycles. The number of esters is 1. The molecular weight excluding hydrogens is 370 g/mol. The van der Waals surface area contributed by atoms with Crippen molar-refractivity contribution < 1.29 is 19.1 Å². The maximum absolute atomic E-state index is 12.7. The predicted molar refractivity (Wildman–Crippen MR) is 111 cm³/mol. The van der Waals surface area contributed by atoms with Crippen molar-refractivity contribution in [1.29, 1.82) is 0 Å². The number of anilines is 2. The standard InChI is InChI=1S/C22H25N3O4/c1-15(2)16-6-10-19(11-7-16)25-13-12-24(22(25)28)14-20(26)23-18-8-4-17(5-9-18)21(27)29-3/h4-11,15H,12-14H2,1-3H3,(H,23,26). The molecule has 1 heterocycles. The van der Waals surface area contributed by atoms with Crippen molar-refractivity contribution in [3.63, 3.8) is 0 Å². The second kappa shape index (κ2) is 8.77. The van der Waals surface area contributed by atoms with Gasteiger partial charge in [0.1, 0.15) is 6.54 Å². The molecule has 1 aliphatic heterocycles. The first-order valence-electron chi connectivity index (χ1n) is 9.53. The van der Waals surface area contributed by atoms with Crippen LogP contribution in [0.25, 0.3) is 0 Å². The second-order valence-corrected chi connectivity index (χ2v) is 7.22. The molecule has 0 radical (unpaired) electrons. The number of nitrogens with one attached hydrogen (secondary N) is 1. The Morgan fingerprint density at radius 2 is 1.69 bits per heavy atom. The summed E-state index contributed by atoms with van der Waals surface area (Å²) in [7, 11) is 1.31. The van der Waals surface area contributed by atoms with E-state index in [1.165, 1.54) is 17.6 Å². The van der Waals surface area contributed by atoms with E-state index in [2.05, 4.69) is 23.9 Å². The number of carbonyl (C=O) groups is 3. The average Bonchev–Trinajstić information content (AvgIpc) is 3.08. The number of methoxy groups -OCH3 is 1. The van der Waals surface area contributed by atoms with E-state index >= 15 is 0 Å². The zero-order valence-corrected chi connectivity index (χ0v) is 16.8. The van der Waals surface area contributed by atoms with Crippen LogP contribution in [0.4, 0.5) is 16.2 Å². The van der Waals surface area contributed by atoms with Gasteiger partial charge in [0.05, 0.1) is 12.7 Å². The van der Waals surface area contributed by atoms with Crippen LogP contribution >= 0.6 is 0 Å². The van der Waals surface area contributed by atoms with Crippen LogP contribution in [0.3, 0.4) is 0 Å². The monoisotopic (exact) mass is 395 g/mol. The fraction of sp³-hybridized carbons (Fsp3) is 0.318. The molecule has 3 amide bonds. The minimum Gasteiger partial charge on any atom is -0.465 e. The number of benzene rings is 2. The Kier molecular flexibility index (Phi) is 6.16. The summed E-state index contributed by atoms with van der Waals surface area (Å²) in [6, 6.07) is 14.2. The maximum Gasteiger partial charge on any atom is 0.337 e. The molecule has 1 saturated heterocycles. The summed E-state index contributed by atoms with van der Waals surface area (Å²) in [6.45, 7) is 5.25. The number of urea groups is 1. The molecular formula is C22H25N3O4. The lowest BCUT2D eigenvalue weighted by molar-refractivity contribution is -0.116. The molecule has 0 spiro atoms. The van der Waals surface area contributed by atoms with Crippen LogP contribution in [0.1, 0.15) is 35.7 Å². The highest BCUT2D eigenvalue weighted by Crippen LogP contribution is 2.23. The van der Waals surface area contributed by atoms with Crippen LogP contribution in [0.15, 0.2) is 48.5 Å². The van der Waals surface area contributed by atoms with Crippen LogP contribution in [0.5, 0.6) is 0 Å². The van der Waals surface area contributed by atoms with Crippen LogP contribution in [0, 0.1) is 0 Å². The maximum atomic E-state index is 12.7. The lowest BCUT2D eigenvalue weighted by Gasteiger charge is -2.19. The quantitative estimate of drug-likeness (QED) is 0.760. The van der Waals surface area contributed by atoms with Crippen molar-refractivity contribution in [3.05, 3.63) is 59.7 Å². The average molecular weight is 395 g/mol. The van der Waals surface area contributed by atoms with E-state index in [4.69, 9.17) is 0 Å². The van der Waals surface area contributed by atoms with Gasteiger partial charge in [-0.3, -0.25) is 9.69 Å². The minimum absolute atomic E-state index is 0.0296. The van der Waals surface area contributed by atoms with Gasteiger partial charge in [0.2, 0.25) is 5.91 Å². The Hall–Kier alpha value is -3.35. The van der Waals surface area contributed by atoms with Gasteiger partial charge in [-0.05, 0) is 47.9 Å². The lowest BCUT2D eigenvalue weighted by Crippen LogP contribution is -2.37. The Labute approximate surface area is 170 Å². The highest BCUT2D eigenvalue weighted by atomic mass is 16.5. The smallest absolute Gasteiger partial charge is 0.337 e. The summed E-state index contributed by atoms with van der Waals surface area (Å²) >= 11 is 0. The van der Waals surface area contributed by atoms with Gasteiger partial charge >= 0.3 is 12.0 Å². The van der Waals surface area contributed by atoms with Gasteiger partial charge in [-0.1, -0.05) is 26.0 Å². The van der Waals surface area contributed by atoms with Crippen molar-refractivity contribution >= 4 is 29.3 Å². The van der Waals surface area contributed by atoms with Crippen molar-refractivity contribution in [2.24, 2.45) is 0 Å². The van der Waals surface area contributed by atoms with Gasteiger partial charge in [0.15, 0.2) is 0 Å². The molecule has 1 N–H and O–H groups in total. The van der Waals surface area contributed by atoms with E-state index in [-0.39, 0.29) is 18.5 Å². The summed E-state index contributed by atoms with van der Waals surface area (Å²) < 4.78 is 4.65. The Balaban J connectivity index is 1.57. The Bertz CT molecular complexity index is 891. The molecule has 0 saturated carbocycles. The Morgan fingerprint density at radius 3 is 2.28 bits per heavy atom. The second-order valence-electron chi connectivity index (χ2n) is 7.22. The van der Waals surface area contributed by atoms with Crippen LogP contribution < -0.4 is 10.2 Å². The zero-order valence-electron chi connectivity index (χ0n) is 16.8. The van der Waals surface area contributed by atoms with Crippen LogP contribution in [-0.4, -0.2) is 49.6 Å². The number of amides is 3. The normalized spacial score (nSPS) is 13.7. The molecule has 2 aromatic carbocycles. The van der Waals surface area contributed by atoms with E-state index in [1.54, 1.807) is 29.2 Å². The number of hydrogen-bond donors (Lipinski definition) is 1. The van der Waals surface area contributed by atoms with Crippen molar-refractivity contribution in [2.75, 3.05) is 37.0 Å². The molecule has 0 bridgehead atoms. The van der Waals surface area contributed by atoms with Crippen LogP contribution in [-0.2, 0) is 9.53 Å². The molecule has 3 rings (SSSR count). The van der Waals surface area contributed by atoms with E-state index < -0.39 is 5.97 Å². The van der Waals surface area contributed by atoms with Gasteiger partial charge in [-0.25, -0.2) is 9.59 Å². The number of hydrogen-bond acceptors (Lipinski definition) is 4. The molecule has 1 aliphatic rings. The van der Waals surface area contributed by atoms with E-state index in [0.29, 0.717) is 30.3 Å². The third-order valence-electron chi connectivity index (χ3n) is 4.89. The van der Waals surface area contributed by atoms with E-state index in [1.807, 2.05) is 24.3 Å². The molecule has 7 nitrogen and oxygen atoms in total. The zero-order chi connectivity index (χ0) is 21.0. The van der Waals surface area contributed by atoms with Gasteiger partial charge in [0, 0.05) is 24.5 Å². The fourth-order valence-corrected chi connectivity index (χ4v) is 3.19. The largest absolute Gasteiger partial charge is 0.465 e. The topological polar surface area (TPSA) is 79.0 Å². The summed E-state index contributed by atoms with van der Waals surface area (Å²) in [5, 5.41) is 2.74. The molecule has 29 heavy (non-hydrogen) atoms. The third-order valence-corrected chi connectivity index (χ3v) is 4.89. The van der Waals surface area contributed by atoms with E-state index in [0.717, 1.165) is 5.69 Å². The molecule has 0 unspecified atom stereocenters. The number of carbonyl (C=O) groups excluding carboxylic acids is 3. The van der Waals surface area contributed by atoms with Gasteiger partial charge < -0.3 is 15.0 Å². The fourth-order valence-electron chi connectivity index (χ4n) is 3.19. The first-order valence-corrected chi connectivity index (χ1v) is 9.53. The summed E-state index contributed by atoms with van der Waals surface area (Å²) in [5.74, 6) is -0.298. The summed E-state index contributed by atoms with van der Waals surface area (Å²) in [4.78, 5) is 39.7. The summed E-state index contributed by atoms with van der Waals surface area (Å²) in [6.07, 6.45) is 0. The molecule has 0 atom stereocenters. The third kappa shape index (κ3) is 4.74. The molecule has 0 aromatic heterocycles. The number of nitrogens with zero attached hydrogens (tertiary/aromatic N) is 2. The molecule has 1 fully saturated rings. The van der Waals surface area contributed by atoms with E-state index in [9.17, 15) is 14.4 Å². The first-order chi connectivity index (χ1) is 13.9. The molecule has 2 aromatic rings. The molecule has 7 heteroatoms. The molecule has 152 valence electrons. The number of rotatable bonds is 6. The predicted octanol–water partition coefficient (Wildman–Crippen LogP) is 3.48. The summed E-state index contributed by atoms with van der Waals surface area (Å²) in [5.41, 5.74) is 3.00. The SMILES string of the molecule is COC(=O)c1ccc(NC(=O)CN2CCN(c3ccc(C(C)C)cc3)C2=O)cc1. The van der Waals surface area contributed by atoms with Crippen molar-refractivity contribution in [1.82, 2.24) is 4.90 Å². The Morgan fingerprint density at radius 1 is 1.03 bits per heavy atom. The highest BCUT2D eigenvalue weighted by molar-refractivity contribution is 5.99. The first kappa shape index (κ1) is 20.4. The van der Waals surface area contributed by atoms with Crippen LogP contribution in [0.2, 0.25) is 0 Å². The van der Waals surface area contributed by atoms with Gasteiger partial charge in [-0.15, -0.1) is 0 Å². The number of ether oxygens (including phenoxy) is 1. The highest BCUT2D eigenvalue weighted by Gasteiger charge is 2.30. The van der Waals surface area contributed by atoms with Gasteiger partial charge in [0.25, 0.3) is 0 Å². The lowest BCUT2D eigenvalue weighted by atomic mass is 10.0. The minimum atomic E-state index is -0.438. The van der Waals surface area contributed by atoms with Crippen molar-refractivity contribution in [3.8, 4) is 0 Å². The van der Waals surface area contributed by atoms with Gasteiger partial charge in [-0.2, -0.15) is 0 Å². The van der Waals surface area contributed by atoms with Crippen molar-refractivity contribution in [2.45, 2.75) is 19.8 Å².